The van der Waals surface area contributed by atoms with E-state index < -0.39 is 17.2 Å². The molecular weight excluding hydrogens is 454 g/mol. The van der Waals surface area contributed by atoms with Crippen molar-refractivity contribution in [2.24, 2.45) is 0 Å². The molecule has 2 N–H and O–H groups in total. The number of hydrogen-bond acceptors (Lipinski definition) is 6. The fourth-order valence-corrected chi connectivity index (χ4v) is 4.56. The number of benzene rings is 2. The first-order valence-corrected chi connectivity index (χ1v) is 11.2. The van der Waals surface area contributed by atoms with Crippen LogP contribution in [0, 0.1) is 11.6 Å². The Bertz CT molecular complexity index is 1330. The minimum Gasteiger partial charge on any atom is -0.346 e. The number of hydrogen-bond donors (Lipinski definition) is 2. The minimum absolute atomic E-state index is 0.00815. The normalized spacial score (nSPS) is 20.1. The van der Waals surface area contributed by atoms with Crippen LogP contribution in [0.15, 0.2) is 42.5 Å². The second-order valence-electron chi connectivity index (χ2n) is 8.92. The maximum Gasteiger partial charge on any atom is 0.257 e. The lowest BCUT2D eigenvalue weighted by Crippen LogP contribution is -2.60. The molecule has 0 spiro atoms. The fourth-order valence-electron chi connectivity index (χ4n) is 4.56. The van der Waals surface area contributed by atoms with E-state index in [9.17, 15) is 18.4 Å². The summed E-state index contributed by atoms with van der Waals surface area (Å²) in [5, 5.41) is 5.77. The summed E-state index contributed by atoms with van der Waals surface area (Å²) < 4.78 is 28.8. The van der Waals surface area contributed by atoms with E-state index in [1.165, 1.54) is 6.07 Å². The van der Waals surface area contributed by atoms with Gasteiger partial charge in [0.1, 0.15) is 28.6 Å². The van der Waals surface area contributed by atoms with Crippen LogP contribution in [0.3, 0.4) is 0 Å². The molecule has 1 saturated heterocycles. The number of piperazine rings is 1. The van der Waals surface area contributed by atoms with Gasteiger partial charge in [0.2, 0.25) is 5.91 Å². The van der Waals surface area contributed by atoms with E-state index in [0.29, 0.717) is 17.9 Å². The molecule has 10 heteroatoms. The summed E-state index contributed by atoms with van der Waals surface area (Å²) in [6.45, 7) is 3.44. The molecule has 2 aliphatic rings. The van der Waals surface area contributed by atoms with Crippen LogP contribution in [-0.2, 0) is 16.9 Å². The summed E-state index contributed by atoms with van der Waals surface area (Å²) in [7, 11) is 3.71. The lowest BCUT2D eigenvalue weighted by atomic mass is 9.87. The quantitative estimate of drug-likeness (QED) is 0.599. The SMILES string of the molecule is CN1CCN(C)C(C)(c2ccc(Nc3nc(-c4c(F)cccc4F)nc4c3C(=O)NC4)cc2)C1=O. The Balaban J connectivity index is 1.52. The number of amides is 2. The van der Waals surface area contributed by atoms with Gasteiger partial charge in [0.05, 0.1) is 17.8 Å². The molecule has 5 rings (SSSR count). The van der Waals surface area contributed by atoms with E-state index in [1.54, 1.807) is 24.1 Å². The van der Waals surface area contributed by atoms with Crippen molar-refractivity contribution < 1.29 is 18.4 Å². The van der Waals surface area contributed by atoms with Crippen LogP contribution in [0.25, 0.3) is 11.4 Å². The van der Waals surface area contributed by atoms with Crippen LogP contribution < -0.4 is 10.6 Å². The number of nitrogens with one attached hydrogen (secondary N) is 2. The Morgan fingerprint density at radius 3 is 2.34 bits per heavy atom. The highest BCUT2D eigenvalue weighted by atomic mass is 19.1. The topological polar surface area (TPSA) is 90.5 Å². The van der Waals surface area contributed by atoms with Gasteiger partial charge in [-0.2, -0.15) is 0 Å². The molecule has 3 heterocycles. The largest absolute Gasteiger partial charge is 0.346 e. The van der Waals surface area contributed by atoms with Gasteiger partial charge in [-0.3, -0.25) is 14.5 Å². The average Bonchev–Trinajstić information content (AvgIpc) is 3.21. The number of fused-ring (bicyclic) bond motifs is 1. The maximum absolute atomic E-state index is 14.4. The lowest BCUT2D eigenvalue weighted by Gasteiger charge is -2.45. The summed E-state index contributed by atoms with van der Waals surface area (Å²) in [6, 6.07) is 10.8. The van der Waals surface area contributed by atoms with Crippen molar-refractivity contribution in [2.45, 2.75) is 19.0 Å². The zero-order valence-electron chi connectivity index (χ0n) is 19.5. The molecule has 35 heavy (non-hydrogen) atoms. The number of carbonyl (C=O) groups excluding carboxylic acids is 2. The van der Waals surface area contributed by atoms with E-state index in [2.05, 4.69) is 20.6 Å². The van der Waals surface area contributed by atoms with Crippen molar-refractivity contribution in [2.75, 3.05) is 32.5 Å². The minimum atomic E-state index is -0.808. The Labute approximate surface area is 201 Å². The van der Waals surface area contributed by atoms with Crippen LogP contribution in [0.2, 0.25) is 0 Å². The predicted molar refractivity (Wildman–Crippen MR) is 126 cm³/mol. The summed E-state index contributed by atoms with van der Waals surface area (Å²) in [6.07, 6.45) is 0. The highest BCUT2D eigenvalue weighted by Gasteiger charge is 2.44. The van der Waals surface area contributed by atoms with Gasteiger partial charge in [0.25, 0.3) is 5.91 Å². The van der Waals surface area contributed by atoms with Crippen LogP contribution in [0.1, 0.15) is 28.5 Å². The number of likely N-dealkylation sites (N-methyl/N-ethyl adjacent to an activating group) is 2. The zero-order chi connectivity index (χ0) is 24.9. The van der Waals surface area contributed by atoms with Crippen LogP contribution in [-0.4, -0.2) is 58.8 Å². The molecule has 8 nitrogen and oxygen atoms in total. The molecule has 0 saturated carbocycles. The number of nitrogens with zero attached hydrogens (tertiary/aromatic N) is 4. The Morgan fingerprint density at radius 2 is 1.66 bits per heavy atom. The number of aromatic nitrogens is 2. The third kappa shape index (κ3) is 3.70. The molecular formula is C25H24F2N6O2. The van der Waals surface area contributed by atoms with Crippen LogP contribution in [0.4, 0.5) is 20.3 Å². The molecule has 2 amide bonds. The zero-order valence-corrected chi connectivity index (χ0v) is 19.5. The van der Waals surface area contributed by atoms with Gasteiger partial charge in [0, 0.05) is 25.8 Å². The van der Waals surface area contributed by atoms with Gasteiger partial charge < -0.3 is 15.5 Å². The highest BCUT2D eigenvalue weighted by molar-refractivity contribution is 6.03. The molecule has 0 bridgehead atoms. The van der Waals surface area contributed by atoms with Crippen molar-refractivity contribution in [1.82, 2.24) is 25.1 Å². The summed E-state index contributed by atoms with van der Waals surface area (Å²) in [4.78, 5) is 37.7. The predicted octanol–water partition coefficient (Wildman–Crippen LogP) is 3.03. The molecule has 1 aromatic heterocycles. The molecule has 2 aromatic carbocycles. The second-order valence-corrected chi connectivity index (χ2v) is 8.92. The summed E-state index contributed by atoms with van der Waals surface area (Å²) >= 11 is 0. The third-order valence-corrected chi connectivity index (χ3v) is 6.82. The number of halogens is 2. The van der Waals surface area contributed by atoms with Gasteiger partial charge in [-0.05, 0) is 43.8 Å². The van der Waals surface area contributed by atoms with Gasteiger partial charge in [-0.25, -0.2) is 18.7 Å². The van der Waals surface area contributed by atoms with E-state index in [0.717, 1.165) is 24.2 Å². The first kappa shape index (κ1) is 22.9. The number of rotatable bonds is 4. The second kappa shape index (κ2) is 8.38. The van der Waals surface area contributed by atoms with Crippen LogP contribution >= 0.6 is 0 Å². The first-order valence-electron chi connectivity index (χ1n) is 11.2. The van der Waals surface area contributed by atoms with E-state index in [4.69, 9.17) is 0 Å². The molecule has 2 aliphatic heterocycles. The summed E-state index contributed by atoms with van der Waals surface area (Å²) in [5.74, 6) is -1.96. The first-order chi connectivity index (χ1) is 16.7. The highest BCUT2D eigenvalue weighted by Crippen LogP contribution is 2.34. The molecule has 180 valence electrons. The van der Waals surface area contributed by atoms with E-state index >= 15 is 0 Å². The van der Waals surface area contributed by atoms with E-state index in [1.807, 2.05) is 31.0 Å². The van der Waals surface area contributed by atoms with Gasteiger partial charge in [0.15, 0.2) is 5.82 Å². The summed E-state index contributed by atoms with van der Waals surface area (Å²) in [5.41, 5.74) is 0.831. The molecule has 0 radical (unpaired) electrons. The Kier molecular flexibility index (Phi) is 5.47. The molecule has 1 unspecified atom stereocenters. The maximum atomic E-state index is 14.4. The Hall–Kier alpha value is -3.92. The van der Waals surface area contributed by atoms with Crippen molar-refractivity contribution in [1.29, 1.82) is 0 Å². The molecule has 3 aromatic rings. The smallest absolute Gasteiger partial charge is 0.257 e. The molecule has 0 aliphatic carbocycles. The van der Waals surface area contributed by atoms with Crippen molar-refractivity contribution in [3.63, 3.8) is 0 Å². The Morgan fingerprint density at radius 1 is 0.971 bits per heavy atom. The fraction of sp³-hybridized carbons (Fsp3) is 0.280. The van der Waals surface area contributed by atoms with E-state index in [-0.39, 0.29) is 41.1 Å². The van der Waals surface area contributed by atoms with Gasteiger partial charge in [-0.1, -0.05) is 18.2 Å². The average molecular weight is 479 g/mol. The van der Waals surface area contributed by atoms with Gasteiger partial charge >= 0.3 is 0 Å². The van der Waals surface area contributed by atoms with Crippen LogP contribution in [0.5, 0.6) is 0 Å². The third-order valence-electron chi connectivity index (χ3n) is 6.82. The van der Waals surface area contributed by atoms with Gasteiger partial charge in [-0.15, -0.1) is 0 Å². The standard InChI is InChI=1S/C25H24F2N6O2/c1-25(24(35)32(2)11-12-33(25)3)14-7-9-15(10-8-14)29-22-20-18(13-28-23(20)34)30-21(31-22)19-16(26)5-4-6-17(19)27/h4-10H,11-13H2,1-3H3,(H,28,34)(H,29,30,31). The van der Waals surface area contributed by atoms with Crippen molar-refractivity contribution in [3.05, 3.63) is 70.9 Å². The monoisotopic (exact) mass is 478 g/mol. The van der Waals surface area contributed by atoms with Crippen molar-refractivity contribution in [3.8, 4) is 11.4 Å². The molecule has 1 atom stereocenters. The number of carbonyl (C=O) groups is 2. The lowest BCUT2D eigenvalue weighted by molar-refractivity contribution is -0.147. The number of anilines is 2. The molecule has 1 fully saturated rings. The van der Waals surface area contributed by atoms with Crippen molar-refractivity contribution >= 4 is 23.3 Å².